The average Bonchev–Trinajstić information content (AvgIpc) is 2.49. The Bertz CT molecular complexity index is 583. The van der Waals surface area contributed by atoms with Crippen LogP contribution in [0.4, 0.5) is 10.3 Å². The van der Waals surface area contributed by atoms with Crippen LogP contribution in [-0.4, -0.2) is 26.0 Å². The molecule has 6 heteroatoms. The van der Waals surface area contributed by atoms with Crippen molar-refractivity contribution in [3.05, 3.63) is 30.6 Å². The van der Waals surface area contributed by atoms with Crippen LogP contribution < -0.4 is 5.32 Å². The van der Waals surface area contributed by atoms with Gasteiger partial charge >= 0.3 is 0 Å². The number of anilines is 1. The smallest absolute Gasteiger partial charge is 0.226 e. The van der Waals surface area contributed by atoms with Gasteiger partial charge in [0.15, 0.2) is 5.82 Å². The number of nitrogens with one attached hydrogen (secondary N) is 1. The Morgan fingerprint density at radius 2 is 1.95 bits per heavy atom. The molecule has 0 saturated heterocycles. The number of rotatable bonds is 3. The van der Waals surface area contributed by atoms with Crippen LogP contribution in [-0.2, 0) is 0 Å². The molecular weight excluding hydrogens is 257 g/mol. The summed E-state index contributed by atoms with van der Waals surface area (Å²) in [5.41, 5.74) is 0.293. The standard InChI is InChI=1S/C14H16FN5/c15-12-11(7-4-8-16-12)13-17-9-18-14(20-13)19-10-5-2-1-3-6-10/h4,7-10H,1-3,5-6H2,(H,17,18,19,20). The number of nitrogens with zero attached hydrogens (tertiary/aromatic N) is 4. The molecule has 2 aromatic rings. The fraction of sp³-hybridized carbons (Fsp3) is 0.429. The van der Waals surface area contributed by atoms with Crippen LogP contribution in [0.15, 0.2) is 24.7 Å². The highest BCUT2D eigenvalue weighted by molar-refractivity contribution is 5.54. The molecule has 5 nitrogen and oxygen atoms in total. The lowest BCUT2D eigenvalue weighted by Gasteiger charge is -2.22. The molecule has 0 amide bonds. The Kier molecular flexibility index (Phi) is 3.80. The van der Waals surface area contributed by atoms with Crippen LogP contribution >= 0.6 is 0 Å². The number of hydrogen-bond donors (Lipinski definition) is 1. The van der Waals surface area contributed by atoms with Crippen LogP contribution in [0, 0.1) is 5.95 Å². The molecule has 3 rings (SSSR count). The lowest BCUT2D eigenvalue weighted by molar-refractivity contribution is 0.460. The van der Waals surface area contributed by atoms with Crippen LogP contribution in [0.3, 0.4) is 0 Å². The Labute approximate surface area is 116 Å². The number of halogens is 1. The highest BCUT2D eigenvalue weighted by atomic mass is 19.1. The van der Waals surface area contributed by atoms with E-state index in [0.29, 0.717) is 23.4 Å². The van der Waals surface area contributed by atoms with Crippen LogP contribution in [0.1, 0.15) is 32.1 Å². The van der Waals surface area contributed by atoms with Gasteiger partial charge in [-0.3, -0.25) is 0 Å². The third-order valence-electron chi connectivity index (χ3n) is 3.51. The molecule has 104 valence electrons. The van der Waals surface area contributed by atoms with E-state index in [1.807, 2.05) is 0 Å². The van der Waals surface area contributed by atoms with Crippen molar-refractivity contribution in [1.82, 2.24) is 19.9 Å². The number of hydrogen-bond acceptors (Lipinski definition) is 5. The van der Waals surface area contributed by atoms with Crippen molar-refractivity contribution in [1.29, 1.82) is 0 Å². The first-order valence-corrected chi connectivity index (χ1v) is 6.89. The van der Waals surface area contributed by atoms with Gasteiger partial charge in [-0.2, -0.15) is 9.37 Å². The molecule has 0 radical (unpaired) electrons. The molecule has 1 aliphatic rings. The maximum atomic E-state index is 13.6. The van der Waals surface area contributed by atoms with E-state index in [-0.39, 0.29) is 0 Å². The summed E-state index contributed by atoms with van der Waals surface area (Å²) in [6, 6.07) is 3.68. The van der Waals surface area contributed by atoms with E-state index in [9.17, 15) is 4.39 Å². The van der Waals surface area contributed by atoms with Crippen molar-refractivity contribution in [3.8, 4) is 11.4 Å². The first kappa shape index (κ1) is 12.9. The van der Waals surface area contributed by atoms with Crippen molar-refractivity contribution in [2.24, 2.45) is 0 Å². The molecule has 1 saturated carbocycles. The molecule has 0 atom stereocenters. The second kappa shape index (κ2) is 5.90. The second-order valence-electron chi connectivity index (χ2n) is 4.95. The third kappa shape index (κ3) is 2.89. The molecule has 2 heterocycles. The predicted octanol–water partition coefficient (Wildman–Crippen LogP) is 2.82. The van der Waals surface area contributed by atoms with Gasteiger partial charge in [-0.25, -0.2) is 15.0 Å². The van der Waals surface area contributed by atoms with Gasteiger partial charge in [0.25, 0.3) is 0 Å². The van der Waals surface area contributed by atoms with Gasteiger partial charge in [0.1, 0.15) is 6.33 Å². The Morgan fingerprint density at radius 3 is 2.75 bits per heavy atom. The Balaban J connectivity index is 1.80. The zero-order valence-electron chi connectivity index (χ0n) is 11.1. The maximum Gasteiger partial charge on any atom is 0.226 e. The van der Waals surface area contributed by atoms with Crippen molar-refractivity contribution in [2.75, 3.05) is 5.32 Å². The zero-order chi connectivity index (χ0) is 13.8. The van der Waals surface area contributed by atoms with Gasteiger partial charge in [0.2, 0.25) is 11.9 Å². The highest BCUT2D eigenvalue weighted by Gasteiger charge is 2.15. The van der Waals surface area contributed by atoms with E-state index < -0.39 is 5.95 Å². The molecule has 0 bridgehead atoms. The van der Waals surface area contributed by atoms with Crippen LogP contribution in [0.25, 0.3) is 11.4 Å². The van der Waals surface area contributed by atoms with E-state index >= 15 is 0 Å². The highest BCUT2D eigenvalue weighted by Crippen LogP contribution is 2.21. The van der Waals surface area contributed by atoms with E-state index in [1.54, 1.807) is 12.1 Å². The van der Waals surface area contributed by atoms with Gasteiger partial charge in [-0.15, -0.1) is 0 Å². The summed E-state index contributed by atoms with van der Waals surface area (Å²) in [4.78, 5) is 16.0. The van der Waals surface area contributed by atoms with Gasteiger partial charge in [-0.1, -0.05) is 19.3 Å². The monoisotopic (exact) mass is 273 g/mol. The predicted molar refractivity (Wildman–Crippen MR) is 73.5 cm³/mol. The van der Waals surface area contributed by atoms with Crippen molar-refractivity contribution >= 4 is 5.95 Å². The summed E-state index contributed by atoms with van der Waals surface area (Å²) in [5.74, 6) is 0.247. The summed E-state index contributed by atoms with van der Waals surface area (Å²) in [6.45, 7) is 0. The van der Waals surface area contributed by atoms with Gasteiger partial charge < -0.3 is 5.32 Å². The average molecular weight is 273 g/mol. The fourth-order valence-corrected chi connectivity index (χ4v) is 2.48. The summed E-state index contributed by atoms with van der Waals surface area (Å²) in [5, 5.41) is 3.31. The zero-order valence-corrected chi connectivity index (χ0v) is 11.1. The summed E-state index contributed by atoms with van der Waals surface area (Å²) < 4.78 is 13.6. The summed E-state index contributed by atoms with van der Waals surface area (Å²) in [7, 11) is 0. The molecule has 0 aliphatic heterocycles. The first-order chi connectivity index (χ1) is 9.83. The molecule has 0 spiro atoms. The summed E-state index contributed by atoms with van der Waals surface area (Å²) in [6.07, 6.45) is 8.81. The minimum absolute atomic E-state index is 0.293. The molecule has 1 N–H and O–H groups in total. The molecule has 0 aromatic carbocycles. The molecule has 20 heavy (non-hydrogen) atoms. The Hall–Kier alpha value is -2.11. The largest absolute Gasteiger partial charge is 0.351 e. The molecule has 1 aliphatic carbocycles. The molecular formula is C14H16FN5. The number of pyridine rings is 1. The maximum absolute atomic E-state index is 13.6. The fourth-order valence-electron chi connectivity index (χ4n) is 2.48. The second-order valence-corrected chi connectivity index (χ2v) is 4.95. The van der Waals surface area contributed by atoms with E-state index in [1.165, 1.54) is 31.8 Å². The van der Waals surface area contributed by atoms with Crippen LogP contribution in [0.2, 0.25) is 0 Å². The molecule has 1 fully saturated rings. The normalized spacial score (nSPS) is 16.1. The van der Waals surface area contributed by atoms with E-state index in [0.717, 1.165) is 12.8 Å². The van der Waals surface area contributed by atoms with E-state index in [4.69, 9.17) is 0 Å². The Morgan fingerprint density at radius 1 is 1.10 bits per heavy atom. The quantitative estimate of drug-likeness (QED) is 0.871. The summed E-state index contributed by atoms with van der Waals surface area (Å²) >= 11 is 0. The van der Waals surface area contributed by atoms with Crippen LogP contribution in [0.5, 0.6) is 0 Å². The topological polar surface area (TPSA) is 63.6 Å². The first-order valence-electron chi connectivity index (χ1n) is 6.89. The van der Waals surface area contributed by atoms with Crippen molar-refractivity contribution < 1.29 is 4.39 Å². The van der Waals surface area contributed by atoms with Gasteiger partial charge in [0.05, 0.1) is 5.56 Å². The van der Waals surface area contributed by atoms with Crippen molar-refractivity contribution in [3.63, 3.8) is 0 Å². The SMILES string of the molecule is Fc1ncccc1-c1ncnc(NC2CCCCC2)n1. The van der Waals surface area contributed by atoms with Gasteiger partial charge in [-0.05, 0) is 25.0 Å². The lowest BCUT2D eigenvalue weighted by Crippen LogP contribution is -2.23. The minimum Gasteiger partial charge on any atom is -0.351 e. The van der Waals surface area contributed by atoms with E-state index in [2.05, 4.69) is 25.3 Å². The molecule has 2 aromatic heterocycles. The minimum atomic E-state index is -0.567. The van der Waals surface area contributed by atoms with Gasteiger partial charge in [0, 0.05) is 12.2 Å². The van der Waals surface area contributed by atoms with Crippen molar-refractivity contribution in [2.45, 2.75) is 38.1 Å². The number of aromatic nitrogens is 4. The molecule has 0 unspecified atom stereocenters. The lowest BCUT2D eigenvalue weighted by atomic mass is 9.96. The third-order valence-corrected chi connectivity index (χ3v) is 3.51.